The van der Waals surface area contributed by atoms with Gasteiger partial charge in [0.1, 0.15) is 23.3 Å². The fraction of sp³-hybridized carbons (Fsp3) is 0.391. The maximum Gasteiger partial charge on any atom is 0.295 e. The predicted molar refractivity (Wildman–Crippen MR) is 112 cm³/mol. The van der Waals surface area contributed by atoms with Crippen molar-refractivity contribution in [1.82, 2.24) is 9.80 Å². The number of hydrogen-bond acceptors (Lipinski definition) is 5. The highest BCUT2D eigenvalue weighted by atomic mass is 16.3. The second kappa shape index (κ2) is 8.25. The molecule has 0 bridgehead atoms. The Labute approximate surface area is 171 Å². The Bertz CT molecular complexity index is 971. The molecule has 1 aromatic carbocycles. The van der Waals surface area contributed by atoms with Crippen molar-refractivity contribution in [2.75, 3.05) is 27.2 Å². The minimum absolute atomic E-state index is 0.0860. The van der Waals surface area contributed by atoms with E-state index in [1.807, 2.05) is 58.0 Å². The van der Waals surface area contributed by atoms with Gasteiger partial charge in [-0.3, -0.25) is 9.59 Å². The summed E-state index contributed by atoms with van der Waals surface area (Å²) in [5.41, 5.74) is 2.44. The number of aryl methyl sites for hydroxylation is 3. The topological polar surface area (TPSA) is 74.0 Å². The molecule has 1 aromatic heterocycles. The summed E-state index contributed by atoms with van der Waals surface area (Å²) in [7, 11) is 3.92. The molecular weight excluding hydrogens is 368 g/mol. The van der Waals surface area contributed by atoms with Crippen LogP contribution in [0.1, 0.15) is 40.7 Å². The number of aliphatic hydroxyl groups is 1. The molecule has 0 saturated carbocycles. The van der Waals surface area contributed by atoms with Gasteiger partial charge < -0.3 is 19.3 Å². The molecule has 1 fully saturated rings. The molecule has 1 aliphatic heterocycles. The average molecular weight is 396 g/mol. The minimum atomic E-state index is -0.731. The SMILES string of the molecule is Cc1ccc(C)c(C(O)=C2C(=O)C(=O)N(CCCN(C)C)[C@@H]2c2ccc(C)o2)c1. The largest absolute Gasteiger partial charge is 0.507 e. The van der Waals surface area contributed by atoms with Gasteiger partial charge in [-0.05, 0) is 71.6 Å². The molecule has 1 N–H and O–H groups in total. The standard InChI is InChI=1S/C23H28N2O4/c1-14-7-8-15(2)17(13-14)21(26)19-20(18-10-9-16(3)29-18)25(23(28)22(19)27)12-6-11-24(4)5/h7-10,13,20,26H,6,11-12H2,1-5H3/t20-/m1/s1. The molecule has 154 valence electrons. The number of rotatable bonds is 6. The predicted octanol–water partition coefficient (Wildman–Crippen LogP) is 3.58. The van der Waals surface area contributed by atoms with E-state index < -0.39 is 17.7 Å². The van der Waals surface area contributed by atoms with E-state index >= 15 is 0 Å². The van der Waals surface area contributed by atoms with Crippen molar-refractivity contribution in [3.63, 3.8) is 0 Å². The zero-order valence-electron chi connectivity index (χ0n) is 17.7. The first-order chi connectivity index (χ1) is 13.7. The van der Waals surface area contributed by atoms with Crippen LogP contribution in [0, 0.1) is 20.8 Å². The van der Waals surface area contributed by atoms with Crippen molar-refractivity contribution in [2.45, 2.75) is 33.2 Å². The summed E-state index contributed by atoms with van der Waals surface area (Å²) in [6, 6.07) is 8.50. The van der Waals surface area contributed by atoms with Crippen LogP contribution in [0.15, 0.2) is 40.3 Å². The summed E-state index contributed by atoms with van der Waals surface area (Å²) in [6.45, 7) is 6.78. The number of furan rings is 1. The number of hydrogen-bond donors (Lipinski definition) is 1. The van der Waals surface area contributed by atoms with Crippen molar-refractivity contribution in [3.8, 4) is 0 Å². The summed E-state index contributed by atoms with van der Waals surface area (Å²) >= 11 is 0. The van der Waals surface area contributed by atoms with Crippen molar-refractivity contribution in [2.24, 2.45) is 0 Å². The molecule has 6 nitrogen and oxygen atoms in total. The molecule has 0 aliphatic carbocycles. The molecule has 3 rings (SSSR count). The summed E-state index contributed by atoms with van der Waals surface area (Å²) in [6.07, 6.45) is 0.708. The van der Waals surface area contributed by atoms with Crippen LogP contribution in [0.4, 0.5) is 0 Å². The van der Waals surface area contributed by atoms with Crippen molar-refractivity contribution >= 4 is 17.4 Å². The van der Waals surface area contributed by atoms with Gasteiger partial charge in [-0.1, -0.05) is 17.7 Å². The fourth-order valence-electron chi connectivity index (χ4n) is 3.70. The Morgan fingerprint density at radius 2 is 1.86 bits per heavy atom. The van der Waals surface area contributed by atoms with Crippen LogP contribution in [0.2, 0.25) is 0 Å². The molecule has 29 heavy (non-hydrogen) atoms. The number of nitrogens with zero attached hydrogens (tertiary/aromatic N) is 2. The number of carbonyl (C=O) groups excluding carboxylic acids is 2. The Morgan fingerprint density at radius 1 is 1.14 bits per heavy atom. The highest BCUT2D eigenvalue weighted by molar-refractivity contribution is 6.46. The number of aliphatic hydroxyl groups excluding tert-OH is 1. The summed E-state index contributed by atoms with van der Waals surface area (Å²) < 4.78 is 5.79. The van der Waals surface area contributed by atoms with Gasteiger partial charge in [0.2, 0.25) is 0 Å². The average Bonchev–Trinajstić information content (AvgIpc) is 3.19. The number of carbonyl (C=O) groups is 2. The number of benzene rings is 1. The van der Waals surface area contributed by atoms with Gasteiger partial charge in [0.25, 0.3) is 11.7 Å². The molecule has 2 aromatic rings. The quantitative estimate of drug-likeness (QED) is 0.459. The van der Waals surface area contributed by atoms with Gasteiger partial charge in [0.05, 0.1) is 5.57 Å². The molecule has 0 unspecified atom stereocenters. The van der Waals surface area contributed by atoms with Gasteiger partial charge in [0, 0.05) is 12.1 Å². The van der Waals surface area contributed by atoms with E-state index in [9.17, 15) is 14.7 Å². The lowest BCUT2D eigenvalue weighted by molar-refractivity contribution is -0.140. The third kappa shape index (κ3) is 4.12. The molecule has 0 radical (unpaired) electrons. The molecule has 6 heteroatoms. The smallest absolute Gasteiger partial charge is 0.295 e. The van der Waals surface area contributed by atoms with E-state index in [4.69, 9.17) is 4.42 Å². The number of amides is 1. The van der Waals surface area contributed by atoms with Crippen LogP contribution in [0.5, 0.6) is 0 Å². The Balaban J connectivity index is 2.11. The first-order valence-electron chi connectivity index (χ1n) is 9.77. The maximum absolute atomic E-state index is 13.0. The van der Waals surface area contributed by atoms with E-state index in [1.165, 1.54) is 4.90 Å². The summed E-state index contributed by atoms with van der Waals surface area (Å²) in [5, 5.41) is 11.1. The lowest BCUT2D eigenvalue weighted by Crippen LogP contribution is -2.32. The summed E-state index contributed by atoms with van der Waals surface area (Å²) in [4.78, 5) is 29.3. The number of ketones is 1. The molecule has 1 amide bonds. The van der Waals surface area contributed by atoms with Crippen molar-refractivity contribution in [1.29, 1.82) is 0 Å². The Hall–Kier alpha value is -2.86. The van der Waals surface area contributed by atoms with Crippen LogP contribution in [-0.4, -0.2) is 53.8 Å². The van der Waals surface area contributed by atoms with Crippen LogP contribution in [-0.2, 0) is 9.59 Å². The van der Waals surface area contributed by atoms with Crippen molar-refractivity contribution in [3.05, 3.63) is 64.1 Å². The molecule has 1 saturated heterocycles. The van der Waals surface area contributed by atoms with Gasteiger partial charge in [-0.2, -0.15) is 0 Å². The highest BCUT2D eigenvalue weighted by Gasteiger charge is 2.47. The van der Waals surface area contributed by atoms with Crippen LogP contribution in [0.3, 0.4) is 0 Å². The maximum atomic E-state index is 13.0. The third-order valence-electron chi connectivity index (χ3n) is 5.22. The second-order valence-corrected chi connectivity index (χ2v) is 7.92. The molecule has 0 spiro atoms. The van der Waals surface area contributed by atoms with Gasteiger partial charge >= 0.3 is 0 Å². The van der Waals surface area contributed by atoms with Crippen LogP contribution < -0.4 is 0 Å². The number of likely N-dealkylation sites (tertiary alicyclic amines) is 1. The van der Waals surface area contributed by atoms with Crippen molar-refractivity contribution < 1.29 is 19.1 Å². The zero-order valence-corrected chi connectivity index (χ0v) is 17.7. The normalized spacial score (nSPS) is 18.8. The minimum Gasteiger partial charge on any atom is -0.507 e. The third-order valence-corrected chi connectivity index (χ3v) is 5.22. The van der Waals surface area contributed by atoms with E-state index in [2.05, 4.69) is 0 Å². The molecule has 2 heterocycles. The van der Waals surface area contributed by atoms with Crippen LogP contribution >= 0.6 is 0 Å². The van der Waals surface area contributed by atoms with E-state index in [0.717, 1.165) is 17.7 Å². The first kappa shape index (κ1) is 20.9. The van der Waals surface area contributed by atoms with Gasteiger partial charge in [0.15, 0.2) is 0 Å². The zero-order chi connectivity index (χ0) is 21.3. The van der Waals surface area contributed by atoms with Gasteiger partial charge in [-0.25, -0.2) is 0 Å². The lowest BCUT2D eigenvalue weighted by atomic mass is 9.96. The van der Waals surface area contributed by atoms with E-state index in [1.54, 1.807) is 12.1 Å². The Morgan fingerprint density at radius 3 is 2.48 bits per heavy atom. The molecule has 1 atom stereocenters. The van der Waals surface area contributed by atoms with E-state index in [0.29, 0.717) is 30.0 Å². The molecule has 1 aliphatic rings. The fourth-order valence-corrected chi connectivity index (χ4v) is 3.70. The first-order valence-corrected chi connectivity index (χ1v) is 9.77. The second-order valence-electron chi connectivity index (χ2n) is 7.92. The monoisotopic (exact) mass is 396 g/mol. The molecular formula is C23H28N2O4. The lowest BCUT2D eigenvalue weighted by Gasteiger charge is -2.24. The summed E-state index contributed by atoms with van der Waals surface area (Å²) in [5.74, 6) is -0.260. The van der Waals surface area contributed by atoms with E-state index in [-0.39, 0.29) is 11.3 Å². The number of Topliss-reactive ketones (excluding diaryl/α,β-unsaturated/α-hetero) is 1. The van der Waals surface area contributed by atoms with Crippen LogP contribution in [0.25, 0.3) is 5.76 Å². The van der Waals surface area contributed by atoms with Gasteiger partial charge in [-0.15, -0.1) is 0 Å². The Kier molecular flexibility index (Phi) is 5.94. The highest BCUT2D eigenvalue weighted by Crippen LogP contribution is 2.40.